The van der Waals surface area contributed by atoms with Gasteiger partial charge in [-0.3, -0.25) is 4.79 Å². The third kappa shape index (κ3) is 2.49. The molecule has 0 amide bonds. The number of Topliss-reactive ketones (excluding diaryl/α,β-unsaturated/α-hetero) is 1. The zero-order chi connectivity index (χ0) is 25.7. The lowest BCUT2D eigenvalue weighted by Gasteiger charge is -2.39. The Labute approximate surface area is 172 Å². The number of carbonyl (C=O) groups is 1. The second-order valence-electron chi connectivity index (χ2n) is 7.21. The number of aliphatic hydroxyl groups excluding tert-OH is 1. The fourth-order valence-electron chi connectivity index (χ4n) is 3.90. The Kier molecular flexibility index (Phi) is 4.96. The molecule has 0 unspecified atom stereocenters. The van der Waals surface area contributed by atoms with Crippen molar-refractivity contribution in [3.05, 3.63) is 40.2 Å². The number of ketones is 1. The first-order valence-electron chi connectivity index (χ1n) is 8.36. The molecule has 1 saturated carbocycles. The maximum atomic E-state index is 14.2. The van der Waals surface area contributed by atoms with Crippen molar-refractivity contribution < 1.29 is 71.4 Å². The Balaban J connectivity index is 2.40. The monoisotopic (exact) mass is 508 g/mol. The van der Waals surface area contributed by atoms with Crippen LogP contribution in [-0.4, -0.2) is 40.8 Å². The van der Waals surface area contributed by atoms with Crippen molar-refractivity contribution in [2.45, 2.75) is 42.7 Å². The molecule has 3 rings (SSSR count). The summed E-state index contributed by atoms with van der Waals surface area (Å²) in [5.74, 6) is -41.9. The van der Waals surface area contributed by atoms with Crippen LogP contribution in [0.2, 0.25) is 0 Å². The summed E-state index contributed by atoms with van der Waals surface area (Å²) in [5.41, 5.74) is -11.7. The van der Waals surface area contributed by atoms with E-state index < -0.39 is 93.8 Å². The molecule has 1 aromatic carbocycles. The van der Waals surface area contributed by atoms with Gasteiger partial charge in [-0.1, -0.05) is 0 Å². The second kappa shape index (κ2) is 6.52. The van der Waals surface area contributed by atoms with Crippen LogP contribution in [0.5, 0.6) is 0 Å². The average Bonchev–Trinajstić information content (AvgIpc) is 2.71. The van der Waals surface area contributed by atoms with E-state index in [1.807, 2.05) is 0 Å². The van der Waals surface area contributed by atoms with Crippen LogP contribution in [0.15, 0.2) is 11.6 Å². The van der Waals surface area contributed by atoms with Crippen molar-refractivity contribution in [1.82, 2.24) is 0 Å². The summed E-state index contributed by atoms with van der Waals surface area (Å²) in [4.78, 5) is 12.4. The van der Waals surface area contributed by atoms with E-state index in [1.165, 1.54) is 0 Å². The standard InChI is InChI=1S/C17H6F14O2/c18-7-3-6-4(8(19)9(7)20)1-2-5(10(6)32)11(33)12(17(29,30)31)13(21,22)15(25,26)16(27,28)14(12,23)24/h3,32H,1-2H2. The van der Waals surface area contributed by atoms with Gasteiger partial charge in [-0.25, -0.2) is 13.2 Å². The van der Waals surface area contributed by atoms with Crippen LogP contribution in [-0.2, 0) is 11.2 Å². The first-order valence-corrected chi connectivity index (χ1v) is 8.36. The van der Waals surface area contributed by atoms with E-state index in [1.54, 1.807) is 0 Å². The SMILES string of the molecule is O=C(C1=C(O)c2cc(F)c(F)c(F)c2CC1)C1(C(F)(F)F)C(F)(F)C(F)(F)C(F)(F)C1(F)F. The Morgan fingerprint density at radius 3 is 1.67 bits per heavy atom. The zero-order valence-electron chi connectivity index (χ0n) is 15.1. The molecule has 1 N–H and O–H groups in total. The van der Waals surface area contributed by atoms with E-state index in [4.69, 9.17) is 0 Å². The number of aliphatic hydroxyl groups is 1. The summed E-state index contributed by atoms with van der Waals surface area (Å²) in [7, 11) is 0. The minimum Gasteiger partial charge on any atom is -0.507 e. The third-order valence-electron chi connectivity index (χ3n) is 5.59. The molecule has 0 saturated heterocycles. The largest absolute Gasteiger partial charge is 0.507 e. The molecule has 184 valence electrons. The van der Waals surface area contributed by atoms with Crippen molar-refractivity contribution in [2.24, 2.45) is 5.41 Å². The molecule has 0 bridgehead atoms. The fraction of sp³-hybridized carbons (Fsp3) is 0.471. The predicted molar refractivity (Wildman–Crippen MR) is 77.5 cm³/mol. The highest BCUT2D eigenvalue weighted by atomic mass is 19.4. The second-order valence-corrected chi connectivity index (χ2v) is 7.21. The maximum absolute atomic E-state index is 14.2. The number of fused-ring (bicyclic) bond motifs is 1. The van der Waals surface area contributed by atoms with Crippen LogP contribution >= 0.6 is 0 Å². The molecule has 16 heteroatoms. The molecule has 2 aliphatic carbocycles. The van der Waals surface area contributed by atoms with Gasteiger partial charge in [0.15, 0.2) is 23.2 Å². The summed E-state index contributed by atoms with van der Waals surface area (Å²) < 4.78 is 192. The fourth-order valence-corrected chi connectivity index (χ4v) is 3.90. The summed E-state index contributed by atoms with van der Waals surface area (Å²) in [6.07, 6.45) is -10.3. The van der Waals surface area contributed by atoms with E-state index in [9.17, 15) is 71.4 Å². The third-order valence-corrected chi connectivity index (χ3v) is 5.59. The summed E-state index contributed by atoms with van der Waals surface area (Å²) in [5, 5.41) is 9.94. The Bertz CT molecular complexity index is 1060. The van der Waals surface area contributed by atoms with Crippen molar-refractivity contribution in [2.75, 3.05) is 0 Å². The number of rotatable bonds is 2. The van der Waals surface area contributed by atoms with Crippen molar-refractivity contribution >= 4 is 11.5 Å². The lowest BCUT2D eigenvalue weighted by Crippen LogP contribution is -2.65. The topological polar surface area (TPSA) is 37.3 Å². The molecule has 0 aromatic heterocycles. The molecule has 0 aliphatic heterocycles. The van der Waals surface area contributed by atoms with Gasteiger partial charge in [0, 0.05) is 16.7 Å². The predicted octanol–water partition coefficient (Wildman–Crippen LogP) is 5.99. The molecule has 0 spiro atoms. The van der Waals surface area contributed by atoms with Gasteiger partial charge in [-0.15, -0.1) is 0 Å². The molecule has 1 aromatic rings. The van der Waals surface area contributed by atoms with Gasteiger partial charge in [-0.05, 0) is 18.9 Å². The lowest BCUT2D eigenvalue weighted by atomic mass is 9.70. The minimum atomic E-state index is -7.46. The van der Waals surface area contributed by atoms with E-state index in [0.29, 0.717) is 0 Å². The number of halogens is 14. The Morgan fingerprint density at radius 2 is 1.24 bits per heavy atom. The number of allylic oxidation sites excluding steroid dienone is 1. The normalized spacial score (nSPS) is 24.5. The van der Waals surface area contributed by atoms with Crippen LogP contribution in [0.25, 0.3) is 5.76 Å². The number of benzene rings is 1. The van der Waals surface area contributed by atoms with Gasteiger partial charge in [-0.2, -0.15) is 48.3 Å². The van der Waals surface area contributed by atoms with E-state index in [0.717, 1.165) is 0 Å². The van der Waals surface area contributed by atoms with Crippen molar-refractivity contribution in [3.63, 3.8) is 0 Å². The quantitative estimate of drug-likeness (QED) is 0.394. The van der Waals surface area contributed by atoms with Gasteiger partial charge in [0.1, 0.15) is 5.76 Å². The molecule has 2 nitrogen and oxygen atoms in total. The maximum Gasteiger partial charge on any atom is 0.414 e. The smallest absolute Gasteiger partial charge is 0.414 e. The molecular formula is C17H6F14O2. The molecule has 33 heavy (non-hydrogen) atoms. The molecule has 1 fully saturated rings. The number of carbonyl (C=O) groups excluding carboxylic acids is 1. The zero-order valence-corrected chi connectivity index (χ0v) is 15.1. The van der Waals surface area contributed by atoms with E-state index in [-0.39, 0.29) is 6.07 Å². The molecule has 0 atom stereocenters. The number of hydrogen-bond acceptors (Lipinski definition) is 2. The highest BCUT2D eigenvalue weighted by Gasteiger charge is 3.06. The van der Waals surface area contributed by atoms with Gasteiger partial charge < -0.3 is 5.11 Å². The molecule has 0 radical (unpaired) electrons. The molecular weight excluding hydrogens is 502 g/mol. The van der Waals surface area contributed by atoms with Crippen LogP contribution < -0.4 is 0 Å². The van der Waals surface area contributed by atoms with Crippen molar-refractivity contribution in [1.29, 1.82) is 0 Å². The molecule has 2 aliphatic rings. The molecule has 0 heterocycles. The highest BCUT2D eigenvalue weighted by Crippen LogP contribution is 2.76. The Morgan fingerprint density at radius 1 is 0.788 bits per heavy atom. The highest BCUT2D eigenvalue weighted by molar-refractivity contribution is 6.08. The van der Waals surface area contributed by atoms with Crippen LogP contribution in [0.3, 0.4) is 0 Å². The van der Waals surface area contributed by atoms with Gasteiger partial charge in [0.2, 0.25) is 0 Å². The number of alkyl halides is 11. The van der Waals surface area contributed by atoms with Gasteiger partial charge in [0.05, 0.1) is 0 Å². The summed E-state index contributed by atoms with van der Waals surface area (Å²) in [6.45, 7) is 0. The first-order chi connectivity index (χ1) is 14.6. The van der Waals surface area contributed by atoms with Crippen LogP contribution in [0.1, 0.15) is 17.5 Å². The summed E-state index contributed by atoms with van der Waals surface area (Å²) in [6, 6.07) is -0.149. The van der Waals surface area contributed by atoms with Crippen molar-refractivity contribution in [3.8, 4) is 0 Å². The van der Waals surface area contributed by atoms with E-state index in [2.05, 4.69) is 0 Å². The Hall–Kier alpha value is -2.55. The van der Waals surface area contributed by atoms with E-state index >= 15 is 0 Å². The number of hydrogen-bond donors (Lipinski definition) is 1. The summed E-state index contributed by atoms with van der Waals surface area (Å²) >= 11 is 0. The van der Waals surface area contributed by atoms with Gasteiger partial charge >= 0.3 is 29.9 Å². The van der Waals surface area contributed by atoms with Crippen LogP contribution in [0.4, 0.5) is 61.5 Å². The average molecular weight is 508 g/mol. The first kappa shape index (κ1) is 25.1. The lowest BCUT2D eigenvalue weighted by molar-refractivity contribution is -0.341. The van der Waals surface area contributed by atoms with Crippen LogP contribution in [0, 0.1) is 22.9 Å². The minimum absolute atomic E-state index is 0.149. The van der Waals surface area contributed by atoms with Gasteiger partial charge in [0.25, 0.3) is 5.41 Å².